The lowest BCUT2D eigenvalue weighted by Crippen LogP contribution is -2.13. The summed E-state index contributed by atoms with van der Waals surface area (Å²) < 4.78 is 5.25. The van der Waals surface area contributed by atoms with Crippen molar-refractivity contribution >= 4 is 0 Å². The van der Waals surface area contributed by atoms with Crippen LogP contribution in [0.3, 0.4) is 0 Å². The average molecular weight is 218 g/mol. The highest BCUT2D eigenvalue weighted by molar-refractivity contribution is 5.20. The predicted molar refractivity (Wildman–Crippen MR) is 58.6 cm³/mol. The van der Waals surface area contributed by atoms with Crippen molar-refractivity contribution in [3.05, 3.63) is 41.4 Å². The van der Waals surface area contributed by atoms with E-state index in [1.54, 1.807) is 13.1 Å². The summed E-state index contributed by atoms with van der Waals surface area (Å²) in [6.45, 7) is 5.17. The summed E-state index contributed by atoms with van der Waals surface area (Å²) in [5.74, 6) is 1.20. The minimum Gasteiger partial charge on any atom is -0.424 e. The van der Waals surface area contributed by atoms with Crippen LogP contribution in [0.1, 0.15) is 22.9 Å². The maximum absolute atomic E-state index is 5.25. The van der Waals surface area contributed by atoms with Crippen molar-refractivity contribution < 1.29 is 4.42 Å². The molecule has 0 amide bonds. The van der Waals surface area contributed by atoms with Gasteiger partial charge in [0.1, 0.15) is 0 Å². The number of nitrogens with one attached hydrogen (secondary N) is 1. The summed E-state index contributed by atoms with van der Waals surface area (Å²) >= 11 is 0. The average Bonchev–Trinajstić information content (AvgIpc) is 2.67. The first kappa shape index (κ1) is 10.8. The number of pyridine rings is 1. The molecule has 16 heavy (non-hydrogen) atoms. The first-order valence-corrected chi connectivity index (χ1v) is 5.15. The maximum atomic E-state index is 5.25. The summed E-state index contributed by atoms with van der Waals surface area (Å²) in [7, 11) is 0. The van der Waals surface area contributed by atoms with Crippen LogP contribution in [0.5, 0.6) is 0 Å². The zero-order valence-electron chi connectivity index (χ0n) is 9.40. The molecule has 0 fully saturated rings. The second-order valence-corrected chi connectivity index (χ2v) is 3.62. The molecule has 2 heterocycles. The Labute approximate surface area is 93.9 Å². The van der Waals surface area contributed by atoms with Crippen LogP contribution in [0, 0.1) is 13.8 Å². The monoisotopic (exact) mass is 218 g/mol. The van der Waals surface area contributed by atoms with Gasteiger partial charge in [-0.3, -0.25) is 4.98 Å². The SMILES string of the molecule is Cc1nnc(CNCc2cnccc2C)o1. The van der Waals surface area contributed by atoms with Gasteiger partial charge in [-0.15, -0.1) is 10.2 Å². The molecule has 0 aliphatic carbocycles. The fourth-order valence-corrected chi connectivity index (χ4v) is 1.39. The molecule has 84 valence electrons. The Hall–Kier alpha value is -1.75. The van der Waals surface area contributed by atoms with Crippen molar-refractivity contribution in [1.82, 2.24) is 20.5 Å². The fraction of sp³-hybridized carbons (Fsp3) is 0.364. The molecule has 5 nitrogen and oxygen atoms in total. The molecule has 0 aliphatic heterocycles. The third kappa shape index (κ3) is 2.64. The number of nitrogens with zero attached hydrogens (tertiary/aromatic N) is 3. The highest BCUT2D eigenvalue weighted by Gasteiger charge is 2.02. The van der Waals surface area contributed by atoms with Crippen LogP contribution in [0.25, 0.3) is 0 Å². The van der Waals surface area contributed by atoms with Crippen LogP contribution in [0.2, 0.25) is 0 Å². The first-order valence-electron chi connectivity index (χ1n) is 5.15. The Morgan fingerprint density at radius 1 is 1.25 bits per heavy atom. The number of rotatable bonds is 4. The van der Waals surface area contributed by atoms with Crippen LogP contribution in [-0.4, -0.2) is 15.2 Å². The number of aryl methyl sites for hydroxylation is 2. The summed E-state index contributed by atoms with van der Waals surface area (Å²) in [5, 5.41) is 10.9. The quantitative estimate of drug-likeness (QED) is 0.839. The van der Waals surface area contributed by atoms with Crippen LogP contribution in [0.15, 0.2) is 22.9 Å². The van der Waals surface area contributed by atoms with E-state index in [-0.39, 0.29) is 0 Å². The molecule has 0 bridgehead atoms. The lowest BCUT2D eigenvalue weighted by molar-refractivity contribution is 0.446. The molecule has 0 unspecified atom stereocenters. The largest absolute Gasteiger partial charge is 0.424 e. The topological polar surface area (TPSA) is 63.8 Å². The second kappa shape index (κ2) is 4.85. The maximum Gasteiger partial charge on any atom is 0.230 e. The second-order valence-electron chi connectivity index (χ2n) is 3.62. The molecule has 2 aromatic heterocycles. The van der Waals surface area contributed by atoms with E-state index in [0.29, 0.717) is 18.3 Å². The van der Waals surface area contributed by atoms with Gasteiger partial charge in [-0.2, -0.15) is 0 Å². The number of aromatic nitrogens is 3. The van der Waals surface area contributed by atoms with Crippen LogP contribution >= 0.6 is 0 Å². The standard InChI is InChI=1S/C11H14N4O/c1-8-3-4-12-5-10(8)6-13-7-11-15-14-9(2)16-11/h3-5,13H,6-7H2,1-2H3. The highest BCUT2D eigenvalue weighted by Crippen LogP contribution is 2.04. The van der Waals surface area contributed by atoms with Gasteiger partial charge in [-0.1, -0.05) is 0 Å². The van der Waals surface area contributed by atoms with Gasteiger partial charge >= 0.3 is 0 Å². The summed E-state index contributed by atoms with van der Waals surface area (Å²) in [5.41, 5.74) is 2.41. The Morgan fingerprint density at radius 3 is 2.81 bits per heavy atom. The van der Waals surface area contributed by atoms with E-state index < -0.39 is 0 Å². The number of hydrogen-bond acceptors (Lipinski definition) is 5. The normalized spacial score (nSPS) is 10.6. The molecule has 0 saturated heterocycles. The molecule has 0 atom stereocenters. The van der Waals surface area contributed by atoms with Gasteiger partial charge in [0.05, 0.1) is 6.54 Å². The third-order valence-corrected chi connectivity index (χ3v) is 2.31. The molecule has 0 spiro atoms. The molecule has 0 aromatic carbocycles. The lowest BCUT2D eigenvalue weighted by Gasteiger charge is -2.04. The van der Waals surface area contributed by atoms with Crippen molar-refractivity contribution in [2.75, 3.05) is 0 Å². The van der Waals surface area contributed by atoms with E-state index in [1.165, 1.54) is 11.1 Å². The van der Waals surface area contributed by atoms with E-state index in [1.807, 2.05) is 12.3 Å². The van der Waals surface area contributed by atoms with Crippen molar-refractivity contribution in [2.45, 2.75) is 26.9 Å². The Balaban J connectivity index is 1.87. The van der Waals surface area contributed by atoms with Crippen molar-refractivity contribution in [2.24, 2.45) is 0 Å². The molecule has 5 heteroatoms. The Morgan fingerprint density at radius 2 is 2.12 bits per heavy atom. The van der Waals surface area contributed by atoms with Gasteiger partial charge in [-0.05, 0) is 24.1 Å². The van der Waals surface area contributed by atoms with Crippen molar-refractivity contribution in [3.63, 3.8) is 0 Å². The Kier molecular flexibility index (Phi) is 3.26. The molecular weight excluding hydrogens is 204 g/mol. The van der Waals surface area contributed by atoms with Crippen molar-refractivity contribution in [1.29, 1.82) is 0 Å². The minimum atomic E-state index is 0.579. The zero-order valence-corrected chi connectivity index (χ0v) is 9.40. The molecule has 0 radical (unpaired) electrons. The van der Waals surface area contributed by atoms with Gasteiger partial charge in [0.15, 0.2) is 0 Å². The molecule has 0 aliphatic rings. The van der Waals surface area contributed by atoms with Gasteiger partial charge in [0.2, 0.25) is 11.8 Å². The fourth-order valence-electron chi connectivity index (χ4n) is 1.39. The van der Waals surface area contributed by atoms with Crippen LogP contribution in [-0.2, 0) is 13.1 Å². The molecule has 2 rings (SSSR count). The predicted octanol–water partition coefficient (Wildman–Crippen LogP) is 1.37. The van der Waals surface area contributed by atoms with Crippen molar-refractivity contribution in [3.8, 4) is 0 Å². The molecule has 1 N–H and O–H groups in total. The van der Waals surface area contributed by atoms with Crippen LogP contribution in [0.4, 0.5) is 0 Å². The van der Waals surface area contributed by atoms with E-state index in [4.69, 9.17) is 4.42 Å². The summed E-state index contributed by atoms with van der Waals surface area (Å²) in [6.07, 6.45) is 3.65. The molecular formula is C11H14N4O. The van der Waals surface area contributed by atoms with E-state index in [9.17, 15) is 0 Å². The molecule has 0 saturated carbocycles. The van der Waals surface area contributed by atoms with E-state index in [0.717, 1.165) is 6.54 Å². The van der Waals surface area contributed by atoms with Gasteiger partial charge in [0.25, 0.3) is 0 Å². The highest BCUT2D eigenvalue weighted by atomic mass is 16.4. The van der Waals surface area contributed by atoms with Crippen LogP contribution < -0.4 is 5.32 Å². The number of hydrogen-bond donors (Lipinski definition) is 1. The zero-order chi connectivity index (χ0) is 11.4. The first-order chi connectivity index (χ1) is 7.75. The summed E-state index contributed by atoms with van der Waals surface area (Å²) in [4.78, 5) is 4.08. The minimum absolute atomic E-state index is 0.579. The lowest BCUT2D eigenvalue weighted by atomic mass is 10.2. The summed E-state index contributed by atoms with van der Waals surface area (Å²) in [6, 6.07) is 1.99. The van der Waals surface area contributed by atoms with Gasteiger partial charge < -0.3 is 9.73 Å². The van der Waals surface area contributed by atoms with E-state index >= 15 is 0 Å². The Bertz CT molecular complexity index is 467. The van der Waals surface area contributed by atoms with Gasteiger partial charge in [0, 0.05) is 25.9 Å². The van der Waals surface area contributed by atoms with Gasteiger partial charge in [-0.25, -0.2) is 0 Å². The van der Waals surface area contributed by atoms with E-state index in [2.05, 4.69) is 27.4 Å². The smallest absolute Gasteiger partial charge is 0.230 e. The molecule has 2 aromatic rings. The third-order valence-electron chi connectivity index (χ3n) is 2.31.